The molecule has 0 N–H and O–H groups in total. The molecule has 1 aromatic heterocycles. The van der Waals surface area contributed by atoms with Gasteiger partial charge in [-0.05, 0) is 24.2 Å². The Kier molecular flexibility index (Phi) is 5.73. The smallest absolute Gasteiger partial charge is 0.128 e. The van der Waals surface area contributed by atoms with Gasteiger partial charge in [0, 0.05) is 38.2 Å². The molecule has 0 unspecified atom stereocenters. The number of hydrogen-bond donors (Lipinski definition) is 0. The fraction of sp³-hybridized carbons (Fsp3) is 0.412. The maximum atomic E-state index is 6.31. The molecule has 0 aliphatic carbocycles. The van der Waals surface area contributed by atoms with Crippen molar-refractivity contribution in [1.82, 2.24) is 4.57 Å². The van der Waals surface area contributed by atoms with E-state index in [0.717, 1.165) is 23.5 Å². The molecule has 0 aliphatic rings. The van der Waals surface area contributed by atoms with Crippen molar-refractivity contribution >= 4 is 19.7 Å². The Hall–Kier alpha value is -1.23. The minimum absolute atomic E-state index is 0.567. The average molecular weight is 338 g/mol. The highest BCUT2D eigenvalue weighted by atomic mass is 35.5. The van der Waals surface area contributed by atoms with Gasteiger partial charge in [0.1, 0.15) is 12.5 Å². The van der Waals surface area contributed by atoms with Crippen LogP contribution in [-0.4, -0.2) is 26.4 Å². The quantitative estimate of drug-likeness (QED) is 0.516. The van der Waals surface area contributed by atoms with Crippen molar-refractivity contribution in [3.63, 3.8) is 0 Å². The zero-order valence-corrected chi connectivity index (χ0v) is 15.5. The zero-order valence-electron chi connectivity index (χ0n) is 13.7. The van der Waals surface area contributed by atoms with Gasteiger partial charge in [0.2, 0.25) is 0 Å². The van der Waals surface area contributed by atoms with Crippen LogP contribution in [-0.2, 0) is 11.5 Å². The number of benzene rings is 1. The Balaban J connectivity index is 2.03. The van der Waals surface area contributed by atoms with Gasteiger partial charge in [0.25, 0.3) is 0 Å². The van der Waals surface area contributed by atoms with E-state index in [4.69, 9.17) is 21.1 Å². The third-order valence-electron chi connectivity index (χ3n) is 3.47. The summed E-state index contributed by atoms with van der Waals surface area (Å²) in [5.41, 5.74) is 1.96. The Labute approximate surface area is 138 Å². The predicted octanol–water partition coefficient (Wildman–Crippen LogP) is 5.13. The molecule has 0 saturated carbocycles. The molecule has 2 aromatic rings. The number of aromatic nitrogens is 1. The van der Waals surface area contributed by atoms with Gasteiger partial charge < -0.3 is 14.0 Å². The maximum absolute atomic E-state index is 6.31. The summed E-state index contributed by atoms with van der Waals surface area (Å²) in [7, 11) is 0.627. The Morgan fingerprint density at radius 2 is 1.95 bits per heavy atom. The monoisotopic (exact) mass is 337 g/mol. The molecule has 0 amide bonds. The highest BCUT2D eigenvalue weighted by Crippen LogP contribution is 2.36. The second kappa shape index (κ2) is 7.35. The van der Waals surface area contributed by atoms with Crippen LogP contribution < -0.4 is 4.74 Å². The van der Waals surface area contributed by atoms with Crippen molar-refractivity contribution < 1.29 is 9.47 Å². The van der Waals surface area contributed by atoms with E-state index in [0.29, 0.717) is 11.8 Å². The van der Waals surface area contributed by atoms with Crippen LogP contribution in [0.4, 0.5) is 0 Å². The number of hydrogen-bond acceptors (Lipinski definition) is 2. The summed E-state index contributed by atoms with van der Waals surface area (Å²) >= 11 is 6.31. The lowest BCUT2D eigenvalue weighted by atomic mass is 10.1. The number of methoxy groups -OCH3 is 1. The maximum Gasteiger partial charge on any atom is 0.128 e. The van der Waals surface area contributed by atoms with E-state index in [9.17, 15) is 0 Å². The third-order valence-corrected chi connectivity index (χ3v) is 5.49. The van der Waals surface area contributed by atoms with Crippen molar-refractivity contribution in [3.05, 3.63) is 41.7 Å². The molecular weight excluding hydrogens is 314 g/mol. The first-order valence-corrected chi connectivity index (χ1v) is 11.6. The molecule has 120 valence electrons. The number of nitrogens with zero attached hydrogens (tertiary/aromatic N) is 1. The Bertz CT molecular complexity index is 619. The summed E-state index contributed by atoms with van der Waals surface area (Å²) in [5.74, 6) is 0.782. The molecule has 1 aromatic carbocycles. The lowest BCUT2D eigenvalue weighted by Crippen LogP contribution is -2.21. The van der Waals surface area contributed by atoms with Crippen LogP contribution >= 0.6 is 11.6 Å². The molecule has 3 nitrogen and oxygen atoms in total. The van der Waals surface area contributed by atoms with Crippen LogP contribution in [0.1, 0.15) is 0 Å². The first-order chi connectivity index (χ1) is 10.4. The zero-order chi connectivity index (χ0) is 16.2. The van der Waals surface area contributed by atoms with E-state index >= 15 is 0 Å². The van der Waals surface area contributed by atoms with Gasteiger partial charge in [-0.2, -0.15) is 0 Å². The summed E-state index contributed by atoms with van der Waals surface area (Å²) in [6.07, 6.45) is 4.05. The van der Waals surface area contributed by atoms with Crippen molar-refractivity contribution in [1.29, 1.82) is 0 Å². The van der Waals surface area contributed by atoms with Crippen molar-refractivity contribution in [2.24, 2.45) is 0 Å². The van der Waals surface area contributed by atoms with Crippen LogP contribution in [0.25, 0.3) is 11.1 Å². The largest absolute Gasteiger partial charge is 0.496 e. The van der Waals surface area contributed by atoms with E-state index < -0.39 is 8.07 Å². The van der Waals surface area contributed by atoms with E-state index in [2.05, 4.69) is 19.6 Å². The summed E-state index contributed by atoms with van der Waals surface area (Å²) in [5, 5.41) is 0.691. The first-order valence-electron chi connectivity index (χ1n) is 7.47. The molecule has 0 bridgehead atoms. The molecule has 5 heteroatoms. The highest BCUT2D eigenvalue weighted by Gasteiger charge is 2.13. The predicted molar refractivity (Wildman–Crippen MR) is 95.5 cm³/mol. The molecule has 2 rings (SSSR count). The van der Waals surface area contributed by atoms with Gasteiger partial charge in [-0.1, -0.05) is 37.3 Å². The molecule has 0 atom stereocenters. The minimum Gasteiger partial charge on any atom is -0.496 e. The van der Waals surface area contributed by atoms with Crippen LogP contribution in [0.5, 0.6) is 5.75 Å². The standard InChI is InChI=1S/C17H24ClNO2Si/c1-20-16-7-5-6-15(18)17(16)14-8-9-19(12-14)13-21-10-11-22(2,3)4/h5-9,12H,10-11,13H2,1-4H3. The van der Waals surface area contributed by atoms with Gasteiger partial charge in [0.15, 0.2) is 0 Å². The van der Waals surface area contributed by atoms with E-state index in [1.54, 1.807) is 7.11 Å². The molecule has 0 saturated heterocycles. The van der Waals surface area contributed by atoms with Gasteiger partial charge in [-0.3, -0.25) is 0 Å². The van der Waals surface area contributed by atoms with E-state index in [1.807, 2.05) is 41.2 Å². The molecule has 0 spiro atoms. The van der Waals surface area contributed by atoms with Crippen molar-refractivity contribution in [2.45, 2.75) is 32.4 Å². The van der Waals surface area contributed by atoms with Crippen molar-refractivity contribution in [3.8, 4) is 16.9 Å². The molecule has 22 heavy (non-hydrogen) atoms. The van der Waals surface area contributed by atoms with Gasteiger partial charge in [-0.15, -0.1) is 0 Å². The van der Waals surface area contributed by atoms with E-state index in [1.165, 1.54) is 6.04 Å². The molecule has 0 aliphatic heterocycles. The van der Waals surface area contributed by atoms with Crippen LogP contribution in [0.15, 0.2) is 36.7 Å². The topological polar surface area (TPSA) is 23.4 Å². The van der Waals surface area contributed by atoms with Crippen LogP contribution in [0, 0.1) is 0 Å². The second-order valence-corrected chi connectivity index (χ2v) is 12.6. The summed E-state index contributed by atoms with van der Waals surface area (Å²) in [6, 6.07) is 8.90. The fourth-order valence-corrected chi connectivity index (χ4v) is 3.20. The SMILES string of the molecule is COc1cccc(Cl)c1-c1ccn(COCC[Si](C)(C)C)c1. The fourth-order valence-electron chi connectivity index (χ4n) is 2.17. The molecule has 0 radical (unpaired) electrons. The van der Waals surface area contributed by atoms with Gasteiger partial charge >= 0.3 is 0 Å². The van der Waals surface area contributed by atoms with E-state index in [-0.39, 0.29) is 0 Å². The average Bonchev–Trinajstić information content (AvgIpc) is 2.90. The van der Waals surface area contributed by atoms with Crippen LogP contribution in [0.3, 0.4) is 0 Å². The molecular formula is C17H24ClNO2Si. The van der Waals surface area contributed by atoms with Crippen LogP contribution in [0.2, 0.25) is 30.7 Å². The third kappa shape index (κ3) is 4.63. The van der Waals surface area contributed by atoms with Gasteiger partial charge in [0.05, 0.1) is 12.1 Å². The number of rotatable bonds is 7. The number of ether oxygens (including phenoxy) is 2. The first kappa shape index (κ1) is 17.1. The van der Waals surface area contributed by atoms with Gasteiger partial charge in [-0.25, -0.2) is 0 Å². The lowest BCUT2D eigenvalue weighted by Gasteiger charge is -2.15. The summed E-state index contributed by atoms with van der Waals surface area (Å²) in [6.45, 7) is 8.45. The lowest BCUT2D eigenvalue weighted by molar-refractivity contribution is 0.0875. The molecule has 1 heterocycles. The minimum atomic E-state index is -1.03. The normalized spacial score (nSPS) is 11.7. The Morgan fingerprint density at radius 3 is 2.64 bits per heavy atom. The molecule has 0 fully saturated rings. The number of halogens is 1. The summed E-state index contributed by atoms with van der Waals surface area (Å²) in [4.78, 5) is 0. The second-order valence-electron chi connectivity index (χ2n) is 6.58. The highest BCUT2D eigenvalue weighted by molar-refractivity contribution is 6.76. The summed E-state index contributed by atoms with van der Waals surface area (Å²) < 4.78 is 13.2. The Morgan fingerprint density at radius 1 is 1.18 bits per heavy atom. The van der Waals surface area contributed by atoms with Crippen molar-refractivity contribution in [2.75, 3.05) is 13.7 Å².